The summed E-state index contributed by atoms with van der Waals surface area (Å²) in [7, 11) is 0. The fraction of sp³-hybridized carbons (Fsp3) is 0.238. The molecule has 1 atom stereocenters. The molecule has 0 aliphatic carbocycles. The number of hydrogen-bond acceptors (Lipinski definition) is 5. The van der Waals surface area contributed by atoms with Crippen LogP contribution in [0.25, 0.3) is 0 Å². The number of benzene rings is 2. The van der Waals surface area contributed by atoms with Gasteiger partial charge in [-0.05, 0) is 80.4 Å². The minimum Gasteiger partial charge on any atom is -0.378 e. The maximum Gasteiger partial charge on any atom is 0.250 e. The van der Waals surface area contributed by atoms with Gasteiger partial charge in [-0.3, -0.25) is 5.41 Å². The van der Waals surface area contributed by atoms with Gasteiger partial charge in [-0.25, -0.2) is 14.4 Å². The van der Waals surface area contributed by atoms with Crippen molar-refractivity contribution in [1.29, 1.82) is 5.41 Å². The van der Waals surface area contributed by atoms with Gasteiger partial charge in [-0.2, -0.15) is 10.1 Å². The van der Waals surface area contributed by atoms with E-state index >= 15 is 0 Å². The van der Waals surface area contributed by atoms with E-state index in [4.69, 9.17) is 16.1 Å². The summed E-state index contributed by atoms with van der Waals surface area (Å²) in [5.74, 6) is 0.0123. The largest absolute Gasteiger partial charge is 0.378 e. The van der Waals surface area contributed by atoms with E-state index in [0.717, 1.165) is 33.6 Å². The molecule has 9 heteroatoms. The molecule has 1 aliphatic heterocycles. The molecule has 0 saturated carbocycles. The summed E-state index contributed by atoms with van der Waals surface area (Å²) in [4.78, 5) is 9.19. The summed E-state index contributed by atoms with van der Waals surface area (Å²) < 4.78 is 13.4. The molecular weight excluding hydrogens is 419 g/mol. The number of halogens is 1. The highest BCUT2D eigenvalue weighted by Crippen LogP contribution is 2.40. The maximum absolute atomic E-state index is 13.4. The van der Waals surface area contributed by atoms with Crippen molar-refractivity contribution >= 4 is 50.4 Å². The van der Waals surface area contributed by atoms with Gasteiger partial charge in [0.25, 0.3) is 5.96 Å². The van der Waals surface area contributed by atoms with Gasteiger partial charge in [0.05, 0.1) is 15.8 Å². The first-order chi connectivity index (χ1) is 14.2. The number of aliphatic imine (C=N–C) groups is 2. The number of nitrogens with one attached hydrogen (secondary N) is 1. The van der Waals surface area contributed by atoms with Crippen LogP contribution in [-0.2, 0) is 0 Å². The van der Waals surface area contributed by atoms with Crippen LogP contribution in [-0.4, -0.2) is 26.2 Å². The van der Waals surface area contributed by atoms with Crippen LogP contribution in [0.2, 0.25) is 0 Å². The van der Waals surface area contributed by atoms with E-state index in [1.807, 2.05) is 39.0 Å². The lowest BCUT2D eigenvalue weighted by molar-refractivity contribution is 0.434. The second kappa shape index (κ2) is 9.44. The Labute approximate surface area is 184 Å². The molecule has 1 unspecified atom stereocenters. The monoisotopic (exact) mass is 442 g/mol. The maximum atomic E-state index is 13.4. The number of amidine groups is 1. The van der Waals surface area contributed by atoms with Crippen LogP contribution < -0.4 is 5.73 Å². The molecule has 0 radical (unpaired) electrons. The molecule has 3 rings (SSSR count). The average molecular weight is 443 g/mol. The van der Waals surface area contributed by atoms with Gasteiger partial charge >= 0.3 is 0 Å². The van der Waals surface area contributed by atoms with Gasteiger partial charge < -0.3 is 5.73 Å². The summed E-state index contributed by atoms with van der Waals surface area (Å²) in [6.07, 6.45) is 0. The van der Waals surface area contributed by atoms with E-state index < -0.39 is 0 Å². The van der Waals surface area contributed by atoms with E-state index in [0.29, 0.717) is 11.0 Å². The Morgan fingerprint density at radius 1 is 1.17 bits per heavy atom. The Bertz CT molecular complexity index is 1050. The van der Waals surface area contributed by atoms with E-state index in [1.54, 1.807) is 24.1 Å². The normalized spacial score (nSPS) is 17.3. The fourth-order valence-corrected chi connectivity index (χ4v) is 4.18. The standard InChI is InChI=1S/C21H23FN6S2/c1-12-5-10-18(11-13(12)2)25-21(26-20(24)29-14(3)23)28-19(30-15(4)27-28)16-6-8-17(22)9-7-16/h5-11,19,23H,1-4H3,(H2,24,25,26). The molecule has 1 heterocycles. The molecule has 156 valence electrons. The Hall–Kier alpha value is -2.65. The van der Waals surface area contributed by atoms with Crippen molar-refractivity contribution < 1.29 is 4.39 Å². The molecule has 0 aromatic heterocycles. The van der Waals surface area contributed by atoms with Crippen molar-refractivity contribution in [1.82, 2.24) is 5.01 Å². The van der Waals surface area contributed by atoms with Crippen molar-refractivity contribution in [3.05, 3.63) is 65.0 Å². The number of guanidine groups is 1. The molecule has 0 amide bonds. The zero-order valence-electron chi connectivity index (χ0n) is 17.2. The Balaban J connectivity index is 2.06. The van der Waals surface area contributed by atoms with Crippen molar-refractivity contribution in [2.45, 2.75) is 33.1 Å². The predicted octanol–water partition coefficient (Wildman–Crippen LogP) is 5.56. The molecule has 0 bridgehead atoms. The van der Waals surface area contributed by atoms with E-state index in [1.165, 1.54) is 29.5 Å². The van der Waals surface area contributed by atoms with Crippen LogP contribution in [0, 0.1) is 25.1 Å². The molecule has 2 aromatic carbocycles. The van der Waals surface area contributed by atoms with Crippen molar-refractivity contribution in [3.8, 4) is 0 Å². The third-order valence-electron chi connectivity index (χ3n) is 4.30. The van der Waals surface area contributed by atoms with Crippen LogP contribution in [0.5, 0.6) is 0 Å². The van der Waals surface area contributed by atoms with Gasteiger partial charge in [0.1, 0.15) is 11.2 Å². The number of aryl methyl sites for hydroxylation is 2. The van der Waals surface area contributed by atoms with Gasteiger partial charge in [0.15, 0.2) is 5.17 Å². The molecule has 3 N–H and O–H groups in total. The summed E-state index contributed by atoms with van der Waals surface area (Å²) >= 11 is 2.59. The second-order valence-electron chi connectivity index (χ2n) is 6.77. The molecule has 0 saturated heterocycles. The summed E-state index contributed by atoms with van der Waals surface area (Å²) in [5.41, 5.74) is 9.93. The molecule has 0 fully saturated rings. The van der Waals surface area contributed by atoms with E-state index in [2.05, 4.69) is 10.1 Å². The molecule has 0 spiro atoms. The van der Waals surface area contributed by atoms with Gasteiger partial charge in [-0.1, -0.05) is 30.0 Å². The lowest BCUT2D eigenvalue weighted by Gasteiger charge is -2.22. The lowest BCUT2D eigenvalue weighted by Crippen LogP contribution is -2.27. The predicted molar refractivity (Wildman–Crippen MR) is 127 cm³/mol. The van der Waals surface area contributed by atoms with E-state index in [9.17, 15) is 4.39 Å². The summed E-state index contributed by atoms with van der Waals surface area (Å²) in [5, 5.41) is 15.1. The highest BCUT2D eigenvalue weighted by molar-refractivity contribution is 8.26. The molecule has 30 heavy (non-hydrogen) atoms. The van der Waals surface area contributed by atoms with Crippen LogP contribution in [0.3, 0.4) is 0 Å². The zero-order valence-corrected chi connectivity index (χ0v) is 18.8. The third-order valence-corrected chi connectivity index (χ3v) is 6.02. The van der Waals surface area contributed by atoms with E-state index in [-0.39, 0.29) is 16.4 Å². The third kappa shape index (κ3) is 5.48. The quantitative estimate of drug-likeness (QED) is 0.471. The van der Waals surface area contributed by atoms with Gasteiger partial charge in [-0.15, -0.1) is 0 Å². The first-order valence-electron chi connectivity index (χ1n) is 9.22. The minimum atomic E-state index is -0.296. The number of nitrogens with zero attached hydrogens (tertiary/aromatic N) is 4. The smallest absolute Gasteiger partial charge is 0.250 e. The fourth-order valence-electron chi connectivity index (χ4n) is 2.74. The number of nitrogens with two attached hydrogens (primary N) is 1. The Kier molecular flexibility index (Phi) is 6.94. The molecule has 2 aromatic rings. The van der Waals surface area contributed by atoms with Gasteiger partial charge in [0, 0.05) is 0 Å². The second-order valence-corrected chi connectivity index (χ2v) is 9.28. The number of hydrogen-bond donors (Lipinski definition) is 2. The van der Waals surface area contributed by atoms with Crippen molar-refractivity contribution in [3.63, 3.8) is 0 Å². The topological polar surface area (TPSA) is 90.2 Å². The first-order valence-corrected chi connectivity index (χ1v) is 10.9. The number of hydrazone groups is 1. The number of thioether (sulfide) groups is 2. The first kappa shape index (κ1) is 22.0. The lowest BCUT2D eigenvalue weighted by atomic mass is 10.1. The SMILES string of the molecule is CC(=N)S/C(N)=N/C(=Nc1ccc(C)c(C)c1)N1N=C(C)SC1c1ccc(F)cc1. The van der Waals surface area contributed by atoms with Crippen LogP contribution in [0.1, 0.15) is 35.9 Å². The minimum absolute atomic E-state index is 0.202. The Morgan fingerprint density at radius 3 is 2.50 bits per heavy atom. The van der Waals surface area contributed by atoms with Crippen LogP contribution in [0.4, 0.5) is 10.1 Å². The van der Waals surface area contributed by atoms with Crippen LogP contribution in [0.15, 0.2) is 57.6 Å². The summed E-state index contributed by atoms with van der Waals surface area (Å²) in [6.45, 7) is 7.61. The number of rotatable bonds is 2. The van der Waals surface area contributed by atoms with Crippen LogP contribution >= 0.6 is 23.5 Å². The molecular formula is C21H23FN6S2. The van der Waals surface area contributed by atoms with Gasteiger partial charge in [0.2, 0.25) is 0 Å². The molecule has 6 nitrogen and oxygen atoms in total. The van der Waals surface area contributed by atoms with Crippen molar-refractivity contribution in [2.24, 2.45) is 20.8 Å². The highest BCUT2D eigenvalue weighted by Gasteiger charge is 2.31. The Morgan fingerprint density at radius 2 is 1.87 bits per heavy atom. The molecule has 1 aliphatic rings. The average Bonchev–Trinajstić information content (AvgIpc) is 3.06. The van der Waals surface area contributed by atoms with Crippen molar-refractivity contribution in [2.75, 3.05) is 0 Å². The highest BCUT2D eigenvalue weighted by atomic mass is 32.2. The zero-order chi connectivity index (χ0) is 21.8. The summed E-state index contributed by atoms with van der Waals surface area (Å²) in [6, 6.07) is 12.2.